The van der Waals surface area contributed by atoms with Crippen molar-refractivity contribution in [2.75, 3.05) is 49.9 Å². The van der Waals surface area contributed by atoms with E-state index < -0.39 is 0 Å². The highest BCUT2D eigenvalue weighted by atomic mass is 16.2. The maximum Gasteiger partial charge on any atom is 0.239 e. The molecule has 3 N–H and O–H groups in total. The second kappa shape index (κ2) is 12.8. The number of amides is 2. The van der Waals surface area contributed by atoms with E-state index in [1.165, 1.54) is 39.0 Å². The molecule has 2 amide bonds. The van der Waals surface area contributed by atoms with Crippen LogP contribution in [0.15, 0.2) is 36.5 Å². The minimum absolute atomic E-state index is 0.0562. The molecule has 4 rings (SSSR count). The number of para-hydroxylation sites is 1. The molecular weight excluding hydrogens is 454 g/mol. The number of benzene rings is 1. The minimum atomic E-state index is -0.0580. The molecule has 2 heterocycles. The lowest BCUT2D eigenvalue weighted by molar-refractivity contribution is -0.119. The third-order valence-electron chi connectivity index (χ3n) is 7.14. The molecule has 1 atom stereocenters. The Balaban J connectivity index is 1.32. The zero-order valence-corrected chi connectivity index (χ0v) is 21.5. The van der Waals surface area contributed by atoms with Crippen LogP contribution >= 0.6 is 0 Å². The van der Waals surface area contributed by atoms with Gasteiger partial charge in [-0.15, -0.1) is 0 Å². The number of nitrogens with zero attached hydrogens (tertiary/aromatic N) is 4. The average Bonchev–Trinajstić information content (AvgIpc) is 2.88. The summed E-state index contributed by atoms with van der Waals surface area (Å²) in [5, 5.41) is 9.06. The zero-order chi connectivity index (χ0) is 25.3. The second-order valence-electron chi connectivity index (χ2n) is 9.88. The zero-order valence-electron chi connectivity index (χ0n) is 21.5. The Bertz CT molecular complexity index is 1020. The fraction of sp³-hybridized carbons (Fsp3) is 0.556. The number of aromatic nitrogens is 2. The van der Waals surface area contributed by atoms with E-state index in [2.05, 4.69) is 42.6 Å². The number of hydrogen-bond acceptors (Lipinski definition) is 7. The molecule has 1 saturated carbocycles. The standard InChI is InChI=1S/C27H39N7O2/c1-20-18-34(22-8-4-3-5-9-22)17-16-33(20)19-26(36)31-25-12-13-30-27(32-25)23-10-6-7-11-24(23)29-15-14-28-21(2)35/h6-7,10-13,20,22,29H,3-5,8-9,14-19H2,1-2H3,(H,28,35)(H,30,31,32,36). The van der Waals surface area contributed by atoms with Gasteiger partial charge in [0.25, 0.3) is 0 Å². The van der Waals surface area contributed by atoms with E-state index in [1.54, 1.807) is 12.3 Å². The van der Waals surface area contributed by atoms with Gasteiger partial charge in [-0.25, -0.2) is 9.97 Å². The molecule has 194 valence electrons. The monoisotopic (exact) mass is 493 g/mol. The molecule has 1 aromatic heterocycles. The molecule has 2 fully saturated rings. The SMILES string of the molecule is CC(=O)NCCNc1ccccc1-c1nccc(NC(=O)CN2CCN(C3CCCCC3)CC2C)n1. The molecule has 1 unspecified atom stereocenters. The molecule has 0 spiro atoms. The molecule has 2 aromatic rings. The molecule has 9 heteroatoms. The number of nitrogens with one attached hydrogen (secondary N) is 3. The molecule has 0 radical (unpaired) electrons. The van der Waals surface area contributed by atoms with Crippen molar-refractivity contribution in [3.05, 3.63) is 36.5 Å². The van der Waals surface area contributed by atoms with Gasteiger partial charge in [0, 0.05) is 69.2 Å². The van der Waals surface area contributed by atoms with Crippen LogP contribution in [0.3, 0.4) is 0 Å². The molecule has 1 aliphatic carbocycles. The van der Waals surface area contributed by atoms with Crippen molar-refractivity contribution in [3.8, 4) is 11.4 Å². The minimum Gasteiger partial charge on any atom is -0.383 e. The normalized spacial score (nSPS) is 19.6. The quantitative estimate of drug-likeness (QED) is 0.462. The summed E-state index contributed by atoms with van der Waals surface area (Å²) in [5.41, 5.74) is 1.71. The Kier molecular flexibility index (Phi) is 9.24. The molecule has 1 aromatic carbocycles. The highest BCUT2D eigenvalue weighted by Gasteiger charge is 2.30. The summed E-state index contributed by atoms with van der Waals surface area (Å²) >= 11 is 0. The van der Waals surface area contributed by atoms with Crippen LogP contribution in [-0.2, 0) is 9.59 Å². The van der Waals surface area contributed by atoms with Crippen LogP contribution in [0.25, 0.3) is 11.4 Å². The summed E-state index contributed by atoms with van der Waals surface area (Å²) in [6.45, 7) is 8.17. The first kappa shape index (κ1) is 26.0. The first-order valence-corrected chi connectivity index (χ1v) is 13.2. The molecule has 9 nitrogen and oxygen atoms in total. The fourth-order valence-corrected chi connectivity index (χ4v) is 5.23. The number of carbonyl (C=O) groups is 2. The average molecular weight is 494 g/mol. The molecule has 2 aliphatic rings. The summed E-state index contributed by atoms with van der Waals surface area (Å²) in [6, 6.07) is 10.5. The third kappa shape index (κ3) is 7.24. The van der Waals surface area contributed by atoms with Gasteiger partial charge in [0.05, 0.1) is 6.54 Å². The van der Waals surface area contributed by atoms with Crippen LogP contribution in [0.5, 0.6) is 0 Å². The van der Waals surface area contributed by atoms with E-state index in [-0.39, 0.29) is 11.8 Å². The lowest BCUT2D eigenvalue weighted by Crippen LogP contribution is -2.56. The van der Waals surface area contributed by atoms with Gasteiger partial charge < -0.3 is 16.0 Å². The lowest BCUT2D eigenvalue weighted by Gasteiger charge is -2.44. The van der Waals surface area contributed by atoms with Crippen molar-refractivity contribution < 1.29 is 9.59 Å². The Morgan fingerprint density at radius 2 is 1.86 bits per heavy atom. The van der Waals surface area contributed by atoms with Crippen LogP contribution < -0.4 is 16.0 Å². The van der Waals surface area contributed by atoms with Crippen molar-refractivity contribution in [2.45, 2.75) is 58.0 Å². The summed E-state index contributed by atoms with van der Waals surface area (Å²) in [4.78, 5) is 37.9. The Hall–Kier alpha value is -3.04. The predicted molar refractivity (Wildman–Crippen MR) is 143 cm³/mol. The first-order chi connectivity index (χ1) is 17.5. The number of anilines is 2. The van der Waals surface area contributed by atoms with Crippen molar-refractivity contribution in [1.82, 2.24) is 25.1 Å². The highest BCUT2D eigenvalue weighted by Crippen LogP contribution is 2.26. The van der Waals surface area contributed by atoms with Gasteiger partial charge in [-0.3, -0.25) is 19.4 Å². The van der Waals surface area contributed by atoms with Crippen LogP contribution in [-0.4, -0.2) is 82.9 Å². The van der Waals surface area contributed by atoms with Gasteiger partial charge >= 0.3 is 0 Å². The van der Waals surface area contributed by atoms with Gasteiger partial charge in [0.15, 0.2) is 5.82 Å². The molecule has 0 bridgehead atoms. The van der Waals surface area contributed by atoms with Gasteiger partial charge in [-0.05, 0) is 38.0 Å². The molecular formula is C27H39N7O2. The number of hydrogen-bond donors (Lipinski definition) is 3. The van der Waals surface area contributed by atoms with Crippen molar-refractivity contribution in [1.29, 1.82) is 0 Å². The number of carbonyl (C=O) groups excluding carboxylic acids is 2. The largest absolute Gasteiger partial charge is 0.383 e. The number of rotatable bonds is 9. The maximum atomic E-state index is 12.9. The summed E-state index contributed by atoms with van der Waals surface area (Å²) < 4.78 is 0. The van der Waals surface area contributed by atoms with Gasteiger partial charge in [0.1, 0.15) is 5.82 Å². The van der Waals surface area contributed by atoms with Crippen molar-refractivity contribution in [2.24, 2.45) is 0 Å². The van der Waals surface area contributed by atoms with E-state index >= 15 is 0 Å². The molecule has 36 heavy (non-hydrogen) atoms. The number of piperazine rings is 1. The van der Waals surface area contributed by atoms with Crippen LogP contribution in [0.1, 0.15) is 46.0 Å². The highest BCUT2D eigenvalue weighted by molar-refractivity contribution is 5.91. The Morgan fingerprint density at radius 1 is 1.06 bits per heavy atom. The van der Waals surface area contributed by atoms with Crippen molar-refractivity contribution in [3.63, 3.8) is 0 Å². The lowest BCUT2D eigenvalue weighted by atomic mass is 9.93. The van der Waals surface area contributed by atoms with Crippen LogP contribution in [0.4, 0.5) is 11.5 Å². The summed E-state index contributed by atoms with van der Waals surface area (Å²) in [6.07, 6.45) is 8.37. The molecule has 1 saturated heterocycles. The smallest absolute Gasteiger partial charge is 0.239 e. The topological polar surface area (TPSA) is 102 Å². The Morgan fingerprint density at radius 3 is 2.64 bits per heavy atom. The van der Waals surface area contributed by atoms with Crippen molar-refractivity contribution >= 4 is 23.3 Å². The van der Waals surface area contributed by atoms with Crippen LogP contribution in [0.2, 0.25) is 0 Å². The van der Waals surface area contributed by atoms with Crippen LogP contribution in [0, 0.1) is 0 Å². The van der Waals surface area contributed by atoms with E-state index in [0.29, 0.717) is 37.3 Å². The fourth-order valence-electron chi connectivity index (χ4n) is 5.23. The summed E-state index contributed by atoms with van der Waals surface area (Å²) in [5.74, 6) is 0.910. The van der Waals surface area contributed by atoms with E-state index in [0.717, 1.165) is 36.9 Å². The maximum absolute atomic E-state index is 12.9. The third-order valence-corrected chi connectivity index (χ3v) is 7.14. The van der Waals surface area contributed by atoms with Gasteiger partial charge in [-0.2, -0.15) is 0 Å². The Labute approximate surface area is 214 Å². The van der Waals surface area contributed by atoms with Gasteiger partial charge in [-0.1, -0.05) is 31.4 Å². The van der Waals surface area contributed by atoms with Gasteiger partial charge in [0.2, 0.25) is 11.8 Å². The molecule has 1 aliphatic heterocycles. The van der Waals surface area contributed by atoms with E-state index in [4.69, 9.17) is 0 Å². The summed E-state index contributed by atoms with van der Waals surface area (Å²) in [7, 11) is 0. The first-order valence-electron chi connectivity index (χ1n) is 13.2. The predicted octanol–water partition coefficient (Wildman–Crippen LogP) is 2.97. The van der Waals surface area contributed by atoms with E-state index in [9.17, 15) is 9.59 Å². The van der Waals surface area contributed by atoms with E-state index in [1.807, 2.05) is 24.3 Å². The second-order valence-corrected chi connectivity index (χ2v) is 9.88.